The average molecular weight is 483 g/mol. The van der Waals surface area contributed by atoms with Crippen molar-refractivity contribution in [1.29, 1.82) is 0 Å². The lowest BCUT2D eigenvalue weighted by Gasteiger charge is -2.36. The molecule has 1 heterocycles. The van der Waals surface area contributed by atoms with E-state index >= 15 is 0 Å². The first kappa shape index (κ1) is 25.9. The topological polar surface area (TPSA) is 105 Å². The van der Waals surface area contributed by atoms with E-state index in [1.807, 2.05) is 0 Å². The van der Waals surface area contributed by atoms with Crippen LogP contribution in [0.25, 0.3) is 0 Å². The Kier molecular flexibility index (Phi) is 9.33. The number of piperazine rings is 1. The van der Waals surface area contributed by atoms with Crippen LogP contribution in [-0.4, -0.2) is 65.6 Å². The number of ether oxygens (including phenoxy) is 1. The van der Waals surface area contributed by atoms with Gasteiger partial charge in [-0.05, 0) is 49.7 Å². The van der Waals surface area contributed by atoms with Gasteiger partial charge in [0.1, 0.15) is 5.75 Å². The monoisotopic (exact) mass is 482 g/mol. The minimum absolute atomic E-state index is 0. The van der Waals surface area contributed by atoms with Crippen molar-refractivity contribution in [2.24, 2.45) is 5.14 Å². The normalized spacial score (nSPS) is 14.5. The molecular weight excluding hydrogens is 452 g/mol. The molecule has 2 aromatic carbocycles. The van der Waals surface area contributed by atoms with E-state index in [4.69, 9.17) is 9.88 Å². The Labute approximate surface area is 196 Å². The Morgan fingerprint density at radius 3 is 2.44 bits per heavy atom. The molecule has 1 aliphatic heterocycles. The number of sulfonamides is 1. The van der Waals surface area contributed by atoms with Crippen molar-refractivity contribution in [3.63, 3.8) is 0 Å². The number of nitrogens with one attached hydrogen (secondary N) is 1. The maximum absolute atomic E-state index is 12.5. The first-order chi connectivity index (χ1) is 14.8. The fourth-order valence-corrected chi connectivity index (χ4v) is 4.31. The van der Waals surface area contributed by atoms with Gasteiger partial charge in [-0.2, -0.15) is 0 Å². The van der Waals surface area contributed by atoms with E-state index in [2.05, 4.69) is 46.3 Å². The van der Waals surface area contributed by atoms with E-state index in [1.54, 1.807) is 0 Å². The lowest BCUT2D eigenvalue weighted by molar-refractivity contribution is 0.0948. The Morgan fingerprint density at radius 2 is 1.81 bits per heavy atom. The van der Waals surface area contributed by atoms with Gasteiger partial charge in [0.25, 0.3) is 5.91 Å². The molecule has 0 radical (unpaired) electrons. The number of halogens is 1. The summed E-state index contributed by atoms with van der Waals surface area (Å²) in [5.74, 6) is -0.0797. The summed E-state index contributed by atoms with van der Waals surface area (Å²) in [7, 11) is -2.47. The second kappa shape index (κ2) is 11.5. The van der Waals surface area contributed by atoms with Crippen LogP contribution in [0, 0.1) is 6.92 Å². The number of amides is 1. The van der Waals surface area contributed by atoms with Crippen LogP contribution < -0.4 is 20.1 Å². The molecule has 0 atom stereocenters. The van der Waals surface area contributed by atoms with E-state index in [0.717, 1.165) is 39.1 Å². The summed E-state index contributed by atoms with van der Waals surface area (Å²) in [6, 6.07) is 12.4. The molecular formula is C22H31ClN4O4S. The zero-order valence-corrected chi connectivity index (χ0v) is 20.0. The molecule has 10 heteroatoms. The number of carbonyl (C=O) groups excluding carboxylic acids is 1. The van der Waals surface area contributed by atoms with Crippen molar-refractivity contribution in [1.82, 2.24) is 10.2 Å². The highest BCUT2D eigenvalue weighted by Gasteiger charge is 2.19. The molecule has 176 valence electrons. The summed E-state index contributed by atoms with van der Waals surface area (Å²) in [5.41, 5.74) is 2.74. The molecule has 32 heavy (non-hydrogen) atoms. The third-order valence-corrected chi connectivity index (χ3v) is 6.42. The van der Waals surface area contributed by atoms with Crippen LogP contribution >= 0.6 is 12.4 Å². The van der Waals surface area contributed by atoms with Crippen LogP contribution in [0.2, 0.25) is 0 Å². The second-order valence-corrected chi connectivity index (χ2v) is 9.19. The van der Waals surface area contributed by atoms with Crippen molar-refractivity contribution in [2.45, 2.75) is 18.2 Å². The van der Waals surface area contributed by atoms with E-state index < -0.39 is 10.0 Å². The molecule has 3 N–H and O–H groups in total. The van der Waals surface area contributed by atoms with E-state index in [-0.39, 0.29) is 28.8 Å². The summed E-state index contributed by atoms with van der Waals surface area (Å²) in [6.45, 7) is 7.43. The van der Waals surface area contributed by atoms with Gasteiger partial charge in [-0.1, -0.05) is 18.2 Å². The second-order valence-electron chi connectivity index (χ2n) is 7.63. The molecule has 0 unspecified atom stereocenters. The van der Waals surface area contributed by atoms with Gasteiger partial charge >= 0.3 is 0 Å². The molecule has 1 aliphatic rings. The maximum atomic E-state index is 12.5. The van der Waals surface area contributed by atoms with Crippen LogP contribution in [-0.2, 0) is 10.0 Å². The van der Waals surface area contributed by atoms with Crippen LogP contribution in [0.4, 0.5) is 5.69 Å². The molecule has 8 nitrogen and oxygen atoms in total. The molecule has 0 aromatic heterocycles. The van der Waals surface area contributed by atoms with Crippen molar-refractivity contribution >= 4 is 34.0 Å². The molecule has 0 saturated carbocycles. The number of para-hydroxylation sites is 1. The summed E-state index contributed by atoms with van der Waals surface area (Å²) < 4.78 is 28.3. The summed E-state index contributed by atoms with van der Waals surface area (Å²) >= 11 is 0. The van der Waals surface area contributed by atoms with E-state index in [0.29, 0.717) is 12.3 Å². The molecule has 1 saturated heterocycles. The Hall–Kier alpha value is -2.33. The van der Waals surface area contributed by atoms with Gasteiger partial charge < -0.3 is 15.0 Å². The number of aryl methyl sites for hydroxylation is 1. The predicted molar refractivity (Wildman–Crippen MR) is 128 cm³/mol. The SMILES string of the molecule is COc1ccc(S(N)(=O)=O)cc1C(=O)NCCCN1CCN(c2ccccc2C)CC1.Cl. The Morgan fingerprint density at radius 1 is 1.12 bits per heavy atom. The lowest BCUT2D eigenvalue weighted by atomic mass is 10.1. The number of primary sulfonamides is 1. The van der Waals surface area contributed by atoms with Gasteiger partial charge in [-0.15, -0.1) is 12.4 Å². The standard InChI is InChI=1S/C22H30N4O4S.ClH/c1-17-6-3-4-7-20(17)26-14-12-25(13-15-26)11-5-10-24-22(27)19-16-18(31(23,28)29)8-9-21(19)30-2;/h3-4,6-9,16H,5,10-15H2,1-2H3,(H,24,27)(H2,23,28,29);1H. The first-order valence-corrected chi connectivity index (χ1v) is 11.9. The fourth-order valence-electron chi connectivity index (χ4n) is 3.77. The van der Waals surface area contributed by atoms with Crippen LogP contribution in [0.15, 0.2) is 47.4 Å². The summed E-state index contributed by atoms with van der Waals surface area (Å²) in [5, 5.41) is 8.01. The van der Waals surface area contributed by atoms with Gasteiger partial charge in [0.2, 0.25) is 10.0 Å². The molecule has 1 fully saturated rings. The molecule has 1 amide bonds. The number of methoxy groups -OCH3 is 1. The number of nitrogens with zero attached hydrogens (tertiary/aromatic N) is 2. The number of hydrogen-bond donors (Lipinski definition) is 2. The van der Waals surface area contributed by atoms with Crippen LogP contribution in [0.1, 0.15) is 22.3 Å². The van der Waals surface area contributed by atoms with Crippen molar-refractivity contribution in [3.05, 3.63) is 53.6 Å². The molecule has 2 aromatic rings. The zero-order valence-electron chi connectivity index (χ0n) is 18.4. The maximum Gasteiger partial charge on any atom is 0.255 e. The Bertz CT molecular complexity index is 1020. The highest BCUT2D eigenvalue weighted by molar-refractivity contribution is 7.89. The largest absolute Gasteiger partial charge is 0.496 e. The third kappa shape index (κ3) is 6.59. The van der Waals surface area contributed by atoms with Crippen LogP contribution in [0.5, 0.6) is 5.75 Å². The van der Waals surface area contributed by atoms with E-state index in [9.17, 15) is 13.2 Å². The van der Waals surface area contributed by atoms with Gasteiger partial charge in [-0.25, -0.2) is 13.6 Å². The van der Waals surface area contributed by atoms with Crippen LogP contribution in [0.3, 0.4) is 0 Å². The van der Waals surface area contributed by atoms with Gasteiger partial charge in [0.05, 0.1) is 17.6 Å². The Balaban J connectivity index is 0.00000363. The number of anilines is 1. The quantitative estimate of drug-likeness (QED) is 0.558. The smallest absolute Gasteiger partial charge is 0.255 e. The summed E-state index contributed by atoms with van der Waals surface area (Å²) in [6.07, 6.45) is 0.799. The molecule has 0 spiro atoms. The third-order valence-electron chi connectivity index (χ3n) is 5.51. The highest BCUT2D eigenvalue weighted by atomic mass is 35.5. The molecule has 0 bridgehead atoms. The molecule has 3 rings (SSSR count). The van der Waals surface area contributed by atoms with Gasteiger partial charge in [-0.3, -0.25) is 9.69 Å². The number of nitrogens with two attached hydrogens (primary N) is 1. The fraction of sp³-hybridized carbons (Fsp3) is 0.409. The minimum Gasteiger partial charge on any atom is -0.496 e. The lowest BCUT2D eigenvalue weighted by Crippen LogP contribution is -2.47. The average Bonchev–Trinajstić information content (AvgIpc) is 2.76. The minimum atomic E-state index is -3.90. The van der Waals surface area contributed by atoms with E-state index in [1.165, 1.54) is 36.6 Å². The van der Waals surface area contributed by atoms with Crippen molar-refractivity contribution in [2.75, 3.05) is 51.3 Å². The first-order valence-electron chi connectivity index (χ1n) is 10.3. The van der Waals surface area contributed by atoms with Crippen molar-refractivity contribution < 1.29 is 17.9 Å². The van der Waals surface area contributed by atoms with Gasteiger partial charge in [0.15, 0.2) is 0 Å². The number of hydrogen-bond acceptors (Lipinski definition) is 6. The van der Waals surface area contributed by atoms with Crippen molar-refractivity contribution in [3.8, 4) is 5.75 Å². The highest BCUT2D eigenvalue weighted by Crippen LogP contribution is 2.22. The molecule has 0 aliphatic carbocycles. The number of benzene rings is 2. The summed E-state index contributed by atoms with van der Waals surface area (Å²) in [4.78, 5) is 17.2. The number of rotatable bonds is 8. The predicted octanol–water partition coefficient (Wildman–Crippen LogP) is 2.01. The zero-order chi connectivity index (χ0) is 22.4. The number of carbonyl (C=O) groups is 1. The van der Waals surface area contributed by atoms with Gasteiger partial charge in [0, 0.05) is 38.4 Å².